The molecule has 80 valence electrons. The van der Waals surface area contributed by atoms with Crippen molar-refractivity contribution in [2.75, 3.05) is 6.61 Å². The molecule has 0 aliphatic rings. The van der Waals surface area contributed by atoms with E-state index in [1.807, 2.05) is 0 Å². The summed E-state index contributed by atoms with van der Waals surface area (Å²) in [5, 5.41) is 9.54. The number of hydrogen-bond acceptors (Lipinski definition) is 4. The number of benzene rings is 1. The molecule has 0 radical (unpaired) electrons. The molecule has 1 aromatic rings. The van der Waals surface area contributed by atoms with Gasteiger partial charge in [0.25, 0.3) is 5.78 Å². The van der Waals surface area contributed by atoms with Gasteiger partial charge in [-0.3, -0.25) is 4.79 Å². The smallest absolute Gasteiger partial charge is 0.377 e. The number of rotatable bonds is 4. The van der Waals surface area contributed by atoms with Crippen LogP contribution in [-0.4, -0.2) is 23.5 Å². The van der Waals surface area contributed by atoms with Crippen molar-refractivity contribution in [2.45, 2.75) is 13.0 Å². The molecule has 0 aliphatic heterocycles. The molecule has 0 fully saturated rings. The van der Waals surface area contributed by atoms with E-state index in [-0.39, 0.29) is 6.61 Å². The zero-order chi connectivity index (χ0) is 11.3. The lowest BCUT2D eigenvalue weighted by molar-refractivity contribution is -0.157. The number of aliphatic hydroxyl groups excluding tert-OH is 1. The summed E-state index contributed by atoms with van der Waals surface area (Å²) >= 11 is 0. The molecule has 1 N–H and O–H groups in total. The number of hydrogen-bond donors (Lipinski definition) is 1. The molecule has 0 saturated heterocycles. The van der Waals surface area contributed by atoms with E-state index in [9.17, 15) is 14.7 Å². The number of esters is 1. The van der Waals surface area contributed by atoms with Gasteiger partial charge in [0, 0.05) is 0 Å². The molecule has 0 bridgehead atoms. The van der Waals surface area contributed by atoms with Crippen molar-refractivity contribution in [3.63, 3.8) is 0 Å². The van der Waals surface area contributed by atoms with Crippen LogP contribution in [0.2, 0.25) is 0 Å². The lowest BCUT2D eigenvalue weighted by Gasteiger charge is -2.08. The summed E-state index contributed by atoms with van der Waals surface area (Å²) in [7, 11) is 0. The summed E-state index contributed by atoms with van der Waals surface area (Å²) in [6.45, 7) is 1.71. The Hall–Kier alpha value is -1.68. The van der Waals surface area contributed by atoms with E-state index in [4.69, 9.17) is 0 Å². The molecule has 0 aromatic heterocycles. The summed E-state index contributed by atoms with van der Waals surface area (Å²) in [6.07, 6.45) is -1.44. The molecule has 0 amide bonds. The maximum absolute atomic E-state index is 11.3. The van der Waals surface area contributed by atoms with E-state index in [2.05, 4.69) is 4.74 Å². The van der Waals surface area contributed by atoms with E-state index < -0.39 is 17.9 Å². The first-order valence-electron chi connectivity index (χ1n) is 4.60. The second kappa shape index (κ2) is 5.26. The minimum atomic E-state index is -1.44. The first-order valence-corrected chi connectivity index (χ1v) is 4.60. The van der Waals surface area contributed by atoms with Gasteiger partial charge in [0.15, 0.2) is 0 Å². The van der Waals surface area contributed by atoms with Gasteiger partial charge in [-0.15, -0.1) is 0 Å². The fraction of sp³-hybridized carbons (Fsp3) is 0.273. The zero-order valence-electron chi connectivity index (χ0n) is 8.34. The number of Topliss-reactive ketones (excluding diaryl/α,β-unsaturated/α-hetero) is 1. The van der Waals surface area contributed by atoms with E-state index in [0.29, 0.717) is 5.56 Å². The Morgan fingerprint density at radius 3 is 2.47 bits per heavy atom. The predicted molar refractivity (Wildman–Crippen MR) is 53.0 cm³/mol. The molecule has 1 atom stereocenters. The number of carbonyl (C=O) groups is 2. The Balaban J connectivity index is 2.73. The van der Waals surface area contributed by atoms with Crippen LogP contribution in [-0.2, 0) is 14.3 Å². The summed E-state index contributed by atoms with van der Waals surface area (Å²) < 4.78 is 4.50. The van der Waals surface area contributed by atoms with Crippen LogP contribution in [0.5, 0.6) is 0 Å². The Bertz CT molecular complexity index is 345. The van der Waals surface area contributed by atoms with Gasteiger partial charge in [0.2, 0.25) is 0 Å². The van der Waals surface area contributed by atoms with E-state index in [1.54, 1.807) is 37.3 Å². The highest BCUT2D eigenvalue weighted by Crippen LogP contribution is 2.13. The first-order chi connectivity index (χ1) is 7.16. The van der Waals surface area contributed by atoms with Crippen LogP contribution < -0.4 is 0 Å². The van der Waals surface area contributed by atoms with E-state index in [1.165, 1.54) is 0 Å². The maximum atomic E-state index is 11.3. The fourth-order valence-corrected chi connectivity index (χ4v) is 1.10. The highest BCUT2D eigenvalue weighted by molar-refractivity contribution is 6.35. The Labute approximate surface area is 87.5 Å². The Morgan fingerprint density at radius 1 is 1.33 bits per heavy atom. The number of aliphatic hydroxyl groups is 1. The van der Waals surface area contributed by atoms with Crippen LogP contribution in [0.4, 0.5) is 0 Å². The minimum Gasteiger partial charge on any atom is -0.460 e. The summed E-state index contributed by atoms with van der Waals surface area (Å²) in [6, 6.07) is 8.25. The third-order valence-corrected chi connectivity index (χ3v) is 1.84. The first kappa shape index (κ1) is 11.4. The molecule has 0 aliphatic carbocycles. The van der Waals surface area contributed by atoms with Gasteiger partial charge in [-0.2, -0.15) is 0 Å². The van der Waals surface area contributed by atoms with Gasteiger partial charge in [-0.1, -0.05) is 30.3 Å². The van der Waals surface area contributed by atoms with Gasteiger partial charge in [-0.25, -0.2) is 4.79 Å². The molecule has 0 heterocycles. The number of ketones is 1. The molecule has 0 saturated carbocycles. The van der Waals surface area contributed by atoms with Crippen molar-refractivity contribution >= 4 is 11.8 Å². The zero-order valence-corrected chi connectivity index (χ0v) is 8.34. The molecule has 1 unspecified atom stereocenters. The largest absolute Gasteiger partial charge is 0.460 e. The predicted octanol–water partition coefficient (Wildman–Crippen LogP) is 0.852. The molecular formula is C11H12O4. The van der Waals surface area contributed by atoms with Crippen LogP contribution in [0.3, 0.4) is 0 Å². The Morgan fingerprint density at radius 2 is 1.93 bits per heavy atom. The molecule has 4 heteroatoms. The lowest BCUT2D eigenvalue weighted by atomic mass is 10.1. The van der Waals surface area contributed by atoms with Crippen molar-refractivity contribution in [1.82, 2.24) is 0 Å². The standard InChI is InChI=1S/C11H12O4/c1-2-15-11(14)10(13)9(12)8-6-4-3-5-7-8/h3-7,9,12H,2H2,1H3. The van der Waals surface area contributed by atoms with Crippen molar-refractivity contribution in [3.05, 3.63) is 35.9 Å². The molecule has 4 nitrogen and oxygen atoms in total. The normalized spacial score (nSPS) is 11.9. The van der Waals surface area contributed by atoms with Crippen LogP contribution in [0.25, 0.3) is 0 Å². The second-order valence-electron chi connectivity index (χ2n) is 2.90. The molecular weight excluding hydrogens is 196 g/mol. The van der Waals surface area contributed by atoms with Crippen LogP contribution in [0, 0.1) is 0 Å². The number of carbonyl (C=O) groups excluding carboxylic acids is 2. The van der Waals surface area contributed by atoms with Gasteiger partial charge < -0.3 is 9.84 Å². The molecule has 1 rings (SSSR count). The maximum Gasteiger partial charge on any atom is 0.377 e. The molecule has 0 spiro atoms. The van der Waals surface area contributed by atoms with Crippen LogP contribution in [0.15, 0.2) is 30.3 Å². The van der Waals surface area contributed by atoms with Crippen molar-refractivity contribution in [3.8, 4) is 0 Å². The lowest BCUT2D eigenvalue weighted by Crippen LogP contribution is -2.24. The molecule has 1 aromatic carbocycles. The van der Waals surface area contributed by atoms with Gasteiger partial charge in [0.1, 0.15) is 6.10 Å². The van der Waals surface area contributed by atoms with Gasteiger partial charge >= 0.3 is 5.97 Å². The van der Waals surface area contributed by atoms with Crippen molar-refractivity contribution in [2.24, 2.45) is 0 Å². The third kappa shape index (κ3) is 2.89. The van der Waals surface area contributed by atoms with Gasteiger partial charge in [-0.05, 0) is 12.5 Å². The highest BCUT2D eigenvalue weighted by Gasteiger charge is 2.25. The fourth-order valence-electron chi connectivity index (χ4n) is 1.10. The van der Waals surface area contributed by atoms with E-state index in [0.717, 1.165) is 0 Å². The third-order valence-electron chi connectivity index (χ3n) is 1.84. The van der Waals surface area contributed by atoms with Crippen LogP contribution in [0.1, 0.15) is 18.6 Å². The minimum absolute atomic E-state index is 0.117. The van der Waals surface area contributed by atoms with Crippen molar-refractivity contribution < 1.29 is 19.4 Å². The SMILES string of the molecule is CCOC(=O)C(=O)C(O)c1ccccc1. The van der Waals surface area contributed by atoms with Crippen molar-refractivity contribution in [1.29, 1.82) is 0 Å². The Kier molecular flexibility index (Phi) is 4.00. The second-order valence-corrected chi connectivity index (χ2v) is 2.90. The average Bonchev–Trinajstić information content (AvgIpc) is 2.28. The quantitative estimate of drug-likeness (QED) is 0.588. The average molecular weight is 208 g/mol. The highest BCUT2D eigenvalue weighted by atomic mass is 16.5. The summed E-state index contributed by atoms with van der Waals surface area (Å²) in [4.78, 5) is 22.3. The van der Waals surface area contributed by atoms with Crippen LogP contribution >= 0.6 is 0 Å². The van der Waals surface area contributed by atoms with Gasteiger partial charge in [0.05, 0.1) is 6.61 Å². The topological polar surface area (TPSA) is 63.6 Å². The monoisotopic (exact) mass is 208 g/mol. The summed E-state index contributed by atoms with van der Waals surface area (Å²) in [5.74, 6) is -1.95. The molecule has 15 heavy (non-hydrogen) atoms. The summed E-state index contributed by atoms with van der Waals surface area (Å²) in [5.41, 5.74) is 0.385. The van der Waals surface area contributed by atoms with E-state index >= 15 is 0 Å². The number of ether oxygens (including phenoxy) is 1.